The number of halogens is 3. The molecule has 1 atom stereocenters. The van der Waals surface area contributed by atoms with Crippen LogP contribution in [0.3, 0.4) is 0 Å². The van der Waals surface area contributed by atoms with E-state index in [2.05, 4.69) is 0 Å². The van der Waals surface area contributed by atoms with Gasteiger partial charge in [0, 0.05) is 5.92 Å². The van der Waals surface area contributed by atoms with Crippen LogP contribution in [0.1, 0.15) is 24.5 Å². The van der Waals surface area contributed by atoms with Crippen LogP contribution in [0.4, 0.5) is 13.2 Å². The molecule has 0 aliphatic carbocycles. The molecule has 0 bridgehead atoms. The van der Waals surface area contributed by atoms with E-state index >= 15 is 0 Å². The highest BCUT2D eigenvalue weighted by Gasteiger charge is 2.30. The normalized spacial score (nSPS) is 13.5. The third-order valence-corrected chi connectivity index (χ3v) is 2.37. The van der Waals surface area contributed by atoms with E-state index in [1.807, 2.05) is 0 Å². The lowest BCUT2D eigenvalue weighted by molar-refractivity contribution is -0.137. The third kappa shape index (κ3) is 3.68. The number of hydrogen-bond acceptors (Lipinski definition) is 1. The summed E-state index contributed by atoms with van der Waals surface area (Å²) in [7, 11) is 0. The van der Waals surface area contributed by atoms with Gasteiger partial charge >= 0.3 is 6.18 Å². The highest BCUT2D eigenvalue weighted by atomic mass is 19.4. The van der Waals surface area contributed by atoms with E-state index in [4.69, 9.17) is 0 Å². The maximum absolute atomic E-state index is 12.4. The van der Waals surface area contributed by atoms with Crippen LogP contribution in [0, 0.1) is 5.92 Å². The molecule has 1 rings (SSSR count). The topological polar surface area (TPSA) is 17.1 Å². The molecule has 0 aliphatic rings. The Morgan fingerprint density at radius 1 is 1.38 bits per heavy atom. The maximum Gasteiger partial charge on any atom is 0.416 e. The van der Waals surface area contributed by atoms with E-state index in [0.717, 1.165) is 18.4 Å². The highest BCUT2D eigenvalue weighted by molar-refractivity contribution is 5.52. The van der Waals surface area contributed by atoms with Crippen molar-refractivity contribution in [3.8, 4) is 0 Å². The molecule has 16 heavy (non-hydrogen) atoms. The molecule has 0 radical (unpaired) electrons. The molecule has 0 aromatic heterocycles. The predicted octanol–water partition coefficient (Wildman–Crippen LogP) is 3.47. The van der Waals surface area contributed by atoms with Gasteiger partial charge in [-0.1, -0.05) is 25.1 Å². The van der Waals surface area contributed by atoms with Crippen LogP contribution in [0.2, 0.25) is 0 Å². The molecule has 1 aromatic rings. The summed E-state index contributed by atoms with van der Waals surface area (Å²) in [5, 5.41) is 0. The number of rotatable bonds is 4. The molecule has 1 nitrogen and oxygen atoms in total. The van der Waals surface area contributed by atoms with Crippen molar-refractivity contribution in [2.45, 2.75) is 25.9 Å². The highest BCUT2D eigenvalue weighted by Crippen LogP contribution is 2.29. The van der Waals surface area contributed by atoms with E-state index in [-0.39, 0.29) is 5.92 Å². The Kier molecular flexibility index (Phi) is 4.10. The van der Waals surface area contributed by atoms with Crippen LogP contribution in [0.15, 0.2) is 24.3 Å². The first-order valence-electron chi connectivity index (χ1n) is 5.05. The summed E-state index contributed by atoms with van der Waals surface area (Å²) in [5.74, 6) is -0.116. The first-order valence-corrected chi connectivity index (χ1v) is 5.05. The smallest absolute Gasteiger partial charge is 0.303 e. The molecule has 0 aliphatic heterocycles. The number of aryl methyl sites for hydroxylation is 1. The Labute approximate surface area is 92.3 Å². The molecule has 0 fully saturated rings. The Hall–Kier alpha value is -1.32. The van der Waals surface area contributed by atoms with Crippen LogP contribution >= 0.6 is 0 Å². The quantitative estimate of drug-likeness (QED) is 0.724. The van der Waals surface area contributed by atoms with E-state index in [9.17, 15) is 18.0 Å². The van der Waals surface area contributed by atoms with Gasteiger partial charge in [0.25, 0.3) is 0 Å². The number of benzene rings is 1. The largest absolute Gasteiger partial charge is 0.416 e. The Bertz CT molecular complexity index is 358. The molecule has 0 heterocycles. The molecule has 88 valence electrons. The lowest BCUT2D eigenvalue weighted by Gasteiger charge is -2.09. The lowest BCUT2D eigenvalue weighted by atomic mass is 10.0. The predicted molar refractivity (Wildman–Crippen MR) is 55.0 cm³/mol. The summed E-state index contributed by atoms with van der Waals surface area (Å²) in [6.45, 7) is 1.75. The number of hydrogen-bond donors (Lipinski definition) is 0. The molecule has 1 aromatic carbocycles. The molecule has 1 unspecified atom stereocenters. The van der Waals surface area contributed by atoms with Crippen LogP contribution in [-0.2, 0) is 17.4 Å². The second-order valence-corrected chi connectivity index (χ2v) is 3.85. The van der Waals surface area contributed by atoms with Crippen molar-refractivity contribution in [1.29, 1.82) is 0 Å². The number of carbonyl (C=O) groups is 1. The van der Waals surface area contributed by atoms with E-state index in [1.54, 1.807) is 13.0 Å². The van der Waals surface area contributed by atoms with Gasteiger partial charge in [0.1, 0.15) is 6.29 Å². The molecule has 4 heteroatoms. The first kappa shape index (κ1) is 12.7. The second-order valence-electron chi connectivity index (χ2n) is 3.85. The third-order valence-electron chi connectivity index (χ3n) is 2.37. The van der Waals surface area contributed by atoms with Gasteiger partial charge < -0.3 is 4.79 Å². The standard InChI is InChI=1S/C12H13F3O/c1-9(8-16)5-6-10-3-2-4-11(7-10)12(13,14)15/h2-4,7-9H,5-6H2,1H3. The van der Waals surface area contributed by atoms with Crippen molar-refractivity contribution < 1.29 is 18.0 Å². The molecule has 0 saturated heterocycles. The zero-order valence-corrected chi connectivity index (χ0v) is 8.92. The van der Waals surface area contributed by atoms with Crippen LogP contribution in [0.5, 0.6) is 0 Å². The van der Waals surface area contributed by atoms with E-state index in [1.165, 1.54) is 6.07 Å². The summed E-state index contributed by atoms with van der Waals surface area (Å²) in [4.78, 5) is 10.4. The van der Waals surface area contributed by atoms with Gasteiger partial charge in [0.2, 0.25) is 0 Å². The minimum atomic E-state index is -4.30. The van der Waals surface area contributed by atoms with Gasteiger partial charge in [-0.2, -0.15) is 13.2 Å². The number of alkyl halides is 3. The Morgan fingerprint density at radius 2 is 2.06 bits per heavy atom. The first-order chi connectivity index (χ1) is 7.43. The van der Waals surface area contributed by atoms with Crippen LogP contribution < -0.4 is 0 Å². The van der Waals surface area contributed by atoms with Crippen molar-refractivity contribution in [1.82, 2.24) is 0 Å². The fourth-order valence-electron chi connectivity index (χ4n) is 1.37. The van der Waals surface area contributed by atoms with Gasteiger partial charge in [-0.3, -0.25) is 0 Å². The summed E-state index contributed by atoms with van der Waals surface area (Å²) in [6.07, 6.45) is -2.42. The van der Waals surface area contributed by atoms with E-state index in [0.29, 0.717) is 18.4 Å². The van der Waals surface area contributed by atoms with Crippen LogP contribution in [0.25, 0.3) is 0 Å². The van der Waals surface area contributed by atoms with Crippen molar-refractivity contribution in [2.24, 2.45) is 5.92 Å². The second kappa shape index (κ2) is 5.14. The number of carbonyl (C=O) groups excluding carboxylic acids is 1. The minimum absolute atomic E-state index is 0.116. The van der Waals surface area contributed by atoms with Gasteiger partial charge in [-0.25, -0.2) is 0 Å². The molecular formula is C12H13F3O. The fourth-order valence-corrected chi connectivity index (χ4v) is 1.37. The summed E-state index contributed by atoms with van der Waals surface area (Å²) >= 11 is 0. The lowest BCUT2D eigenvalue weighted by Crippen LogP contribution is -2.05. The van der Waals surface area contributed by atoms with Gasteiger partial charge in [0.15, 0.2) is 0 Å². The van der Waals surface area contributed by atoms with Gasteiger partial charge in [-0.05, 0) is 24.5 Å². The molecule has 0 N–H and O–H groups in total. The Morgan fingerprint density at radius 3 is 2.62 bits per heavy atom. The summed E-state index contributed by atoms with van der Waals surface area (Å²) in [5.41, 5.74) is -0.0210. The molecule has 0 amide bonds. The maximum atomic E-state index is 12.4. The van der Waals surface area contributed by atoms with Gasteiger partial charge in [-0.15, -0.1) is 0 Å². The van der Waals surface area contributed by atoms with Gasteiger partial charge in [0.05, 0.1) is 5.56 Å². The number of aldehydes is 1. The summed E-state index contributed by atoms with van der Waals surface area (Å²) in [6, 6.07) is 5.22. The summed E-state index contributed by atoms with van der Waals surface area (Å²) < 4.78 is 37.1. The van der Waals surface area contributed by atoms with Crippen molar-refractivity contribution >= 4 is 6.29 Å². The van der Waals surface area contributed by atoms with E-state index < -0.39 is 11.7 Å². The fraction of sp³-hybridized carbons (Fsp3) is 0.417. The average molecular weight is 230 g/mol. The monoisotopic (exact) mass is 230 g/mol. The van der Waals surface area contributed by atoms with Crippen LogP contribution in [-0.4, -0.2) is 6.29 Å². The SMILES string of the molecule is CC(C=O)CCc1cccc(C(F)(F)F)c1. The average Bonchev–Trinajstić information content (AvgIpc) is 2.25. The Balaban J connectivity index is 2.72. The minimum Gasteiger partial charge on any atom is -0.303 e. The molecule has 0 spiro atoms. The molecular weight excluding hydrogens is 217 g/mol. The van der Waals surface area contributed by atoms with Crippen molar-refractivity contribution in [3.05, 3.63) is 35.4 Å². The van der Waals surface area contributed by atoms with Crippen molar-refractivity contribution in [2.75, 3.05) is 0 Å². The van der Waals surface area contributed by atoms with Crippen molar-refractivity contribution in [3.63, 3.8) is 0 Å². The zero-order valence-electron chi connectivity index (χ0n) is 8.92. The zero-order chi connectivity index (χ0) is 12.2. The molecule has 0 saturated carbocycles.